The predicted molar refractivity (Wildman–Crippen MR) is 99.0 cm³/mol. The fourth-order valence-corrected chi connectivity index (χ4v) is 2.76. The molecule has 134 valence electrons. The van der Waals surface area contributed by atoms with Gasteiger partial charge in [0.05, 0.1) is 12.3 Å². The number of hydrogen-bond acceptors (Lipinski definition) is 5. The fourth-order valence-electron chi connectivity index (χ4n) is 2.33. The fraction of sp³-hybridized carbons (Fsp3) is 0.167. The number of hydrazone groups is 1. The molecule has 3 rings (SSSR count). The largest absolute Gasteiger partial charge is 0.454 e. The van der Waals surface area contributed by atoms with Crippen molar-refractivity contribution in [2.75, 3.05) is 6.79 Å². The third-order valence-corrected chi connectivity index (χ3v) is 4.40. The predicted octanol–water partition coefficient (Wildman–Crippen LogP) is 2.51. The van der Waals surface area contributed by atoms with Crippen LogP contribution in [0.25, 0.3) is 0 Å². The summed E-state index contributed by atoms with van der Waals surface area (Å²) in [5, 5.41) is 6.44. The van der Waals surface area contributed by atoms with E-state index in [2.05, 4.69) is 31.8 Å². The van der Waals surface area contributed by atoms with Crippen LogP contribution in [0.4, 0.5) is 0 Å². The smallest absolute Gasteiger partial charge is 0.329 e. The van der Waals surface area contributed by atoms with Crippen molar-refractivity contribution < 1.29 is 19.1 Å². The van der Waals surface area contributed by atoms with Crippen molar-refractivity contribution >= 4 is 34.0 Å². The SMILES string of the molecule is C[C@@H](NC(=O)C(=O)N/N=C\c1cc2c(cc1Br)OCO2)c1ccccc1. The number of rotatable bonds is 4. The van der Waals surface area contributed by atoms with E-state index >= 15 is 0 Å². The van der Waals surface area contributed by atoms with Crippen LogP contribution in [0.5, 0.6) is 11.5 Å². The number of nitrogens with zero attached hydrogens (tertiary/aromatic N) is 1. The molecule has 1 aliphatic heterocycles. The molecule has 0 aromatic heterocycles. The summed E-state index contributed by atoms with van der Waals surface area (Å²) < 4.78 is 11.3. The van der Waals surface area contributed by atoms with Gasteiger partial charge in [-0.25, -0.2) is 5.43 Å². The lowest BCUT2D eigenvalue weighted by Crippen LogP contribution is -2.39. The molecular formula is C18H16BrN3O4. The van der Waals surface area contributed by atoms with Crippen LogP contribution in [0, 0.1) is 0 Å². The van der Waals surface area contributed by atoms with Gasteiger partial charge in [-0.1, -0.05) is 30.3 Å². The average molecular weight is 418 g/mol. The second kappa shape index (κ2) is 8.01. The summed E-state index contributed by atoms with van der Waals surface area (Å²) in [5.74, 6) is -0.383. The zero-order valence-electron chi connectivity index (χ0n) is 13.9. The number of carbonyl (C=O) groups is 2. The first-order valence-corrected chi connectivity index (χ1v) is 8.62. The maximum absolute atomic E-state index is 11.9. The molecule has 8 heteroatoms. The summed E-state index contributed by atoms with van der Waals surface area (Å²) in [7, 11) is 0. The van der Waals surface area contributed by atoms with Gasteiger partial charge in [0, 0.05) is 10.0 Å². The number of ether oxygens (including phenoxy) is 2. The van der Waals surface area contributed by atoms with Gasteiger partial charge in [0.15, 0.2) is 11.5 Å². The van der Waals surface area contributed by atoms with E-state index in [4.69, 9.17) is 9.47 Å². The van der Waals surface area contributed by atoms with E-state index in [0.717, 1.165) is 10.0 Å². The van der Waals surface area contributed by atoms with Crippen molar-refractivity contribution in [3.63, 3.8) is 0 Å². The van der Waals surface area contributed by atoms with E-state index in [0.29, 0.717) is 17.1 Å². The van der Waals surface area contributed by atoms with Crippen LogP contribution in [0.3, 0.4) is 0 Å². The first-order valence-electron chi connectivity index (χ1n) is 7.82. The molecular weight excluding hydrogens is 402 g/mol. The highest BCUT2D eigenvalue weighted by molar-refractivity contribution is 9.10. The summed E-state index contributed by atoms with van der Waals surface area (Å²) in [6, 6.07) is 12.5. The summed E-state index contributed by atoms with van der Waals surface area (Å²) in [4.78, 5) is 23.8. The third kappa shape index (κ3) is 4.20. The molecule has 0 unspecified atom stereocenters. The topological polar surface area (TPSA) is 89.0 Å². The Kier molecular flexibility index (Phi) is 5.52. The van der Waals surface area contributed by atoms with Gasteiger partial charge in [-0.05, 0) is 40.5 Å². The number of nitrogens with one attached hydrogen (secondary N) is 2. The van der Waals surface area contributed by atoms with Crippen LogP contribution in [0.1, 0.15) is 24.1 Å². The van der Waals surface area contributed by atoms with Crippen molar-refractivity contribution in [3.05, 3.63) is 58.1 Å². The van der Waals surface area contributed by atoms with E-state index in [-0.39, 0.29) is 12.8 Å². The number of hydrogen-bond donors (Lipinski definition) is 2. The van der Waals surface area contributed by atoms with Crippen LogP contribution in [0.15, 0.2) is 52.0 Å². The van der Waals surface area contributed by atoms with Crippen molar-refractivity contribution in [2.45, 2.75) is 13.0 Å². The molecule has 7 nitrogen and oxygen atoms in total. The van der Waals surface area contributed by atoms with Crippen LogP contribution >= 0.6 is 15.9 Å². The van der Waals surface area contributed by atoms with Gasteiger partial charge < -0.3 is 14.8 Å². The van der Waals surface area contributed by atoms with Gasteiger partial charge in [-0.3, -0.25) is 9.59 Å². The molecule has 0 bridgehead atoms. The Bertz CT molecular complexity index is 855. The molecule has 1 atom stereocenters. The van der Waals surface area contributed by atoms with E-state index in [1.165, 1.54) is 6.21 Å². The van der Waals surface area contributed by atoms with Gasteiger partial charge in [0.2, 0.25) is 6.79 Å². The second-order valence-corrected chi connectivity index (χ2v) is 6.39. The normalized spacial score (nSPS) is 13.5. The maximum Gasteiger partial charge on any atom is 0.329 e. The van der Waals surface area contributed by atoms with E-state index in [1.54, 1.807) is 19.1 Å². The van der Waals surface area contributed by atoms with Crippen LogP contribution < -0.4 is 20.2 Å². The monoisotopic (exact) mass is 417 g/mol. The van der Waals surface area contributed by atoms with Gasteiger partial charge in [0.25, 0.3) is 0 Å². The molecule has 1 aliphatic rings. The Balaban J connectivity index is 1.56. The molecule has 2 N–H and O–H groups in total. The van der Waals surface area contributed by atoms with Gasteiger partial charge in [-0.15, -0.1) is 0 Å². The first-order chi connectivity index (χ1) is 12.5. The summed E-state index contributed by atoms with van der Waals surface area (Å²) >= 11 is 3.39. The number of fused-ring (bicyclic) bond motifs is 1. The van der Waals surface area contributed by atoms with Crippen molar-refractivity contribution in [3.8, 4) is 11.5 Å². The lowest BCUT2D eigenvalue weighted by atomic mass is 10.1. The average Bonchev–Trinajstić information content (AvgIpc) is 3.09. The Morgan fingerprint density at radius 1 is 1.15 bits per heavy atom. The molecule has 1 heterocycles. The lowest BCUT2D eigenvalue weighted by molar-refractivity contribution is -0.139. The summed E-state index contributed by atoms with van der Waals surface area (Å²) in [6.07, 6.45) is 1.41. The van der Waals surface area contributed by atoms with Gasteiger partial charge in [-0.2, -0.15) is 5.10 Å². The highest BCUT2D eigenvalue weighted by atomic mass is 79.9. The molecule has 0 fully saturated rings. The molecule has 2 amide bonds. The Hall–Kier alpha value is -2.87. The number of benzene rings is 2. The second-order valence-electron chi connectivity index (χ2n) is 5.53. The Labute approximate surface area is 158 Å². The van der Waals surface area contributed by atoms with Crippen molar-refractivity contribution in [1.82, 2.24) is 10.7 Å². The Morgan fingerprint density at radius 3 is 2.58 bits per heavy atom. The van der Waals surface area contributed by atoms with E-state index in [9.17, 15) is 9.59 Å². The highest BCUT2D eigenvalue weighted by Crippen LogP contribution is 2.36. The quantitative estimate of drug-likeness (QED) is 0.454. The molecule has 2 aromatic rings. The standard InChI is InChI=1S/C18H16BrN3O4/c1-11(12-5-3-2-4-6-12)21-17(23)18(24)22-20-9-13-7-15-16(8-14(13)19)26-10-25-15/h2-9,11H,10H2,1H3,(H,21,23)(H,22,24)/b20-9-/t11-/m1/s1. The zero-order valence-corrected chi connectivity index (χ0v) is 15.4. The molecule has 0 aliphatic carbocycles. The van der Waals surface area contributed by atoms with E-state index < -0.39 is 11.8 Å². The highest BCUT2D eigenvalue weighted by Gasteiger charge is 2.17. The molecule has 0 spiro atoms. The van der Waals surface area contributed by atoms with Crippen LogP contribution in [-0.2, 0) is 9.59 Å². The lowest BCUT2D eigenvalue weighted by Gasteiger charge is -2.13. The maximum atomic E-state index is 11.9. The van der Waals surface area contributed by atoms with Gasteiger partial charge in [0.1, 0.15) is 0 Å². The molecule has 0 saturated heterocycles. The molecule has 26 heavy (non-hydrogen) atoms. The number of carbonyl (C=O) groups excluding carboxylic acids is 2. The molecule has 0 radical (unpaired) electrons. The zero-order chi connectivity index (χ0) is 18.5. The molecule has 0 saturated carbocycles. The van der Waals surface area contributed by atoms with Crippen LogP contribution in [0.2, 0.25) is 0 Å². The van der Waals surface area contributed by atoms with Crippen molar-refractivity contribution in [1.29, 1.82) is 0 Å². The minimum absolute atomic E-state index is 0.166. The summed E-state index contributed by atoms with van der Waals surface area (Å²) in [5.41, 5.74) is 3.79. The molecule has 2 aromatic carbocycles. The number of amides is 2. The van der Waals surface area contributed by atoms with Crippen LogP contribution in [-0.4, -0.2) is 24.8 Å². The number of halogens is 1. The van der Waals surface area contributed by atoms with E-state index in [1.807, 2.05) is 30.3 Å². The first kappa shape index (κ1) is 17.9. The Morgan fingerprint density at radius 2 is 1.85 bits per heavy atom. The summed E-state index contributed by atoms with van der Waals surface area (Å²) in [6.45, 7) is 1.96. The minimum Gasteiger partial charge on any atom is -0.454 e. The van der Waals surface area contributed by atoms with Gasteiger partial charge >= 0.3 is 11.8 Å². The third-order valence-electron chi connectivity index (χ3n) is 3.72. The minimum atomic E-state index is -0.846. The van der Waals surface area contributed by atoms with Crippen molar-refractivity contribution in [2.24, 2.45) is 5.10 Å².